The molecule has 5 nitrogen and oxygen atoms in total. The van der Waals surface area contributed by atoms with Gasteiger partial charge in [-0.15, -0.1) is 11.3 Å². The molecule has 0 radical (unpaired) electrons. The molecule has 0 unspecified atom stereocenters. The van der Waals surface area contributed by atoms with Crippen LogP contribution < -0.4 is 26.4 Å². The molecule has 0 N–H and O–H groups in total. The lowest BCUT2D eigenvalue weighted by Gasteiger charge is -2.44. The van der Waals surface area contributed by atoms with Crippen molar-refractivity contribution >= 4 is 122 Å². The Kier molecular flexibility index (Phi) is 3.05. The van der Waals surface area contributed by atoms with Crippen molar-refractivity contribution in [3.05, 3.63) is 144 Å². The van der Waals surface area contributed by atoms with Gasteiger partial charge in [-0.1, -0.05) is 87.2 Å². The molecule has 3 aromatic heterocycles. The van der Waals surface area contributed by atoms with Gasteiger partial charge in [-0.05, 0) is 88.4 Å². The van der Waals surface area contributed by atoms with E-state index in [0.29, 0.717) is 0 Å². The zero-order valence-electron chi connectivity index (χ0n) is 51.2. The molecule has 0 spiro atoms. The number of hydrogen-bond donors (Lipinski definition) is 0. The van der Waals surface area contributed by atoms with E-state index in [9.17, 15) is 25.8 Å². The van der Waals surface area contributed by atoms with Gasteiger partial charge in [-0.2, -0.15) is 5.26 Å². The maximum atomic E-state index is 11.2. The van der Waals surface area contributed by atoms with Crippen LogP contribution in [-0.2, 0) is 5.41 Å². The van der Waals surface area contributed by atoms with Crippen molar-refractivity contribution < 1.29 is 34.6 Å². The summed E-state index contributed by atoms with van der Waals surface area (Å²) in [7, 11) is 0. The maximum absolute atomic E-state index is 11.2. The van der Waals surface area contributed by atoms with Crippen LogP contribution in [0.3, 0.4) is 0 Å². The van der Waals surface area contributed by atoms with Gasteiger partial charge in [-0.3, -0.25) is 0 Å². The molecule has 0 fully saturated rings. The standard InChI is InChI=1S/C49H31BN4OS/c1-49(2,3)28-18-20-41-34(24-28)46-48(55-41)50-35-13-9-16-38-47(35)54(37-15-8-12-32-30-10-4-6-14-36(30)53(38)45(32)37)40-23-27(26-51)22-39(44(40)50)52(46)29-19-21-43-33(25-29)31-11-5-7-17-42(31)56-43/h4-25H,1-3H3/i4D,5D,6D,7D,8D,9D,10D,11D,12D,13D,14D,15D,16D,17D,18D,19D,20D,21D,22D,23D,24D,25D. The van der Waals surface area contributed by atoms with Crippen molar-refractivity contribution in [1.82, 2.24) is 4.57 Å². The average Bonchev–Trinajstić information content (AvgIpc) is 4.19. The minimum absolute atomic E-state index is 0.0157. The number of rotatable bonds is 1. The van der Waals surface area contributed by atoms with Crippen LogP contribution in [0.15, 0.2) is 137 Å². The van der Waals surface area contributed by atoms with E-state index in [1.165, 1.54) is 4.57 Å². The first-order chi connectivity index (χ1) is 36.6. The second kappa shape index (κ2) is 10.3. The Morgan fingerprint density at radius 2 is 1.41 bits per heavy atom. The Labute approximate surface area is 357 Å². The summed E-state index contributed by atoms with van der Waals surface area (Å²) in [6.45, 7) is 3.37. The summed E-state index contributed by atoms with van der Waals surface area (Å²) in [4.78, 5) is 2.25. The van der Waals surface area contributed by atoms with E-state index in [2.05, 4.69) is 0 Å². The minimum atomic E-state index is -1.72. The molecule has 0 saturated carbocycles. The fourth-order valence-electron chi connectivity index (χ4n) is 8.33. The second-order valence-corrected chi connectivity index (χ2v) is 15.7. The number of hydrogen-bond acceptors (Lipinski definition) is 5. The highest BCUT2D eigenvalue weighted by Crippen LogP contribution is 2.53. The molecule has 262 valence electrons. The first kappa shape index (κ1) is 16.5. The molecule has 56 heavy (non-hydrogen) atoms. The van der Waals surface area contributed by atoms with Crippen LogP contribution in [-0.4, -0.2) is 11.3 Å². The highest BCUT2D eigenvalue weighted by atomic mass is 32.1. The number of thiophene rings is 1. The Morgan fingerprint density at radius 1 is 0.661 bits per heavy atom. The Hall–Kier alpha value is -6.75. The number of aromatic nitrogens is 1. The molecule has 0 saturated heterocycles. The number of para-hydroxylation sites is 3. The smallest absolute Gasteiger partial charge is 0.297 e. The Morgan fingerprint density at radius 3 is 2.27 bits per heavy atom. The SMILES string of the molecule is [2H]c1c([2H])c2c3c(c1[2H])-n1c4c([2H])c([2H])c([2H])c([2H])c4c4c([2H])c([2H])c([2H])c(c41)N3c1c([2H])c(C#N)c([2H])c3c1B2c1oc2c([2H])c([2H])c(C(C)(C)C)c([2H])c2c1N3c1c([2H])c([2H])c2sc3c([2H])c([2H])c([2H])c([2H])c3c2c1[2H]. The molecule has 0 atom stereocenters. The fourth-order valence-corrected chi connectivity index (χ4v) is 9.25. The van der Waals surface area contributed by atoms with Gasteiger partial charge < -0.3 is 18.8 Å². The van der Waals surface area contributed by atoms with Crippen molar-refractivity contribution in [2.45, 2.75) is 26.2 Å². The molecule has 3 aliphatic rings. The lowest BCUT2D eigenvalue weighted by molar-refractivity contribution is 0.590. The van der Waals surface area contributed by atoms with Gasteiger partial charge in [-0.25, -0.2) is 0 Å². The first-order valence-corrected chi connectivity index (χ1v) is 18.2. The molecule has 13 rings (SSSR count). The van der Waals surface area contributed by atoms with Crippen LogP contribution >= 0.6 is 11.3 Å². The molecule has 10 aromatic rings. The fraction of sp³-hybridized carbons (Fsp3) is 0.0816. The minimum Gasteiger partial charge on any atom is -0.468 e. The van der Waals surface area contributed by atoms with Crippen molar-refractivity contribution in [3.8, 4) is 11.8 Å². The van der Waals surface area contributed by atoms with E-state index >= 15 is 0 Å². The third-order valence-electron chi connectivity index (χ3n) is 10.6. The normalized spacial score (nSPS) is 19.4. The summed E-state index contributed by atoms with van der Waals surface area (Å²) in [6.07, 6.45) is 0. The maximum Gasteiger partial charge on any atom is 0.297 e. The topological polar surface area (TPSA) is 48.3 Å². The molecule has 6 heterocycles. The number of nitrogens with zero attached hydrogens (tertiary/aromatic N) is 4. The van der Waals surface area contributed by atoms with Gasteiger partial charge >= 0.3 is 0 Å². The van der Waals surface area contributed by atoms with Gasteiger partial charge in [0.2, 0.25) is 0 Å². The van der Waals surface area contributed by atoms with Crippen LogP contribution in [0.2, 0.25) is 0 Å². The van der Waals surface area contributed by atoms with E-state index in [-0.39, 0.29) is 92.3 Å². The quantitative estimate of drug-likeness (QED) is 0.157. The highest BCUT2D eigenvalue weighted by Gasteiger charge is 2.49. The van der Waals surface area contributed by atoms with Crippen LogP contribution in [0.1, 0.15) is 62.1 Å². The van der Waals surface area contributed by atoms with Crippen molar-refractivity contribution in [3.63, 3.8) is 0 Å². The predicted octanol–water partition coefficient (Wildman–Crippen LogP) is 11.5. The number of anilines is 6. The molecule has 7 aromatic carbocycles. The third kappa shape index (κ3) is 3.70. The van der Waals surface area contributed by atoms with E-state index in [4.69, 9.17) is 14.0 Å². The average molecular weight is 757 g/mol. The molecular weight excluding hydrogens is 703 g/mol. The van der Waals surface area contributed by atoms with Gasteiger partial charge in [0.05, 0.1) is 81.2 Å². The molecule has 0 bridgehead atoms. The number of fused-ring (bicyclic) bond motifs is 14. The molecule has 3 aliphatic heterocycles. The molecule has 7 heteroatoms. The Balaban J connectivity index is 1.33. The van der Waals surface area contributed by atoms with E-state index in [1.807, 2.05) is 6.07 Å². The number of benzene rings is 7. The first-order valence-electron chi connectivity index (χ1n) is 28.4. The monoisotopic (exact) mass is 756 g/mol. The predicted molar refractivity (Wildman–Crippen MR) is 234 cm³/mol. The van der Waals surface area contributed by atoms with Gasteiger partial charge in [0, 0.05) is 53.4 Å². The molecule has 0 aliphatic carbocycles. The van der Waals surface area contributed by atoms with E-state index < -0.39 is 173 Å². The van der Waals surface area contributed by atoms with Crippen molar-refractivity contribution in [1.29, 1.82) is 5.26 Å². The van der Waals surface area contributed by atoms with Crippen molar-refractivity contribution in [2.75, 3.05) is 9.80 Å². The summed E-state index contributed by atoms with van der Waals surface area (Å²) in [5.74, 6) is 0. The second-order valence-electron chi connectivity index (χ2n) is 14.7. The zero-order valence-corrected chi connectivity index (χ0v) is 30.0. The number of nitriles is 1. The lowest BCUT2D eigenvalue weighted by Crippen LogP contribution is -2.61. The summed E-state index contributed by atoms with van der Waals surface area (Å²) in [5, 5.41) is 9.93. The van der Waals surface area contributed by atoms with E-state index in [0.717, 1.165) is 21.1 Å². The summed E-state index contributed by atoms with van der Waals surface area (Å²) < 4.78 is 214. The number of furan rings is 1. The summed E-state index contributed by atoms with van der Waals surface area (Å²) in [5.41, 5.74) is -6.39. The van der Waals surface area contributed by atoms with E-state index in [1.54, 1.807) is 20.8 Å². The van der Waals surface area contributed by atoms with Crippen LogP contribution in [0.4, 0.5) is 34.1 Å². The summed E-state index contributed by atoms with van der Waals surface area (Å²) >= 11 is 0.747. The van der Waals surface area contributed by atoms with Crippen LogP contribution in [0.5, 0.6) is 0 Å². The Bertz CT molecular complexity index is 4740. The lowest BCUT2D eigenvalue weighted by atomic mass is 9.35. The van der Waals surface area contributed by atoms with Crippen LogP contribution in [0, 0.1) is 11.3 Å². The van der Waals surface area contributed by atoms with Gasteiger partial charge in [0.25, 0.3) is 6.71 Å². The van der Waals surface area contributed by atoms with Gasteiger partial charge in [0.1, 0.15) is 5.58 Å². The van der Waals surface area contributed by atoms with Crippen LogP contribution in [0.25, 0.3) is 58.6 Å². The van der Waals surface area contributed by atoms with Gasteiger partial charge in [0.15, 0.2) is 0 Å². The molecular formula is C49H31BN4OS. The third-order valence-corrected chi connectivity index (χ3v) is 11.7. The van der Waals surface area contributed by atoms with Crippen molar-refractivity contribution in [2.24, 2.45) is 0 Å². The summed E-state index contributed by atoms with van der Waals surface area (Å²) in [6, 6.07) is -12.5. The molecule has 0 amide bonds. The highest BCUT2D eigenvalue weighted by molar-refractivity contribution is 7.25. The largest absolute Gasteiger partial charge is 0.468 e. The zero-order chi connectivity index (χ0) is 56.3.